The van der Waals surface area contributed by atoms with Gasteiger partial charge in [-0.25, -0.2) is 4.99 Å². The Bertz CT molecular complexity index is 347. The molecule has 0 saturated carbocycles. The molecule has 1 rings (SSSR count). The van der Waals surface area contributed by atoms with Gasteiger partial charge in [0.1, 0.15) is 0 Å². The zero-order chi connectivity index (χ0) is 10.6. The maximum Gasteiger partial charge on any atom is 0.0922 e. The van der Waals surface area contributed by atoms with E-state index in [-0.39, 0.29) is 0 Å². The van der Waals surface area contributed by atoms with Crippen molar-refractivity contribution in [3.8, 4) is 0 Å². The normalized spacial score (nSPS) is 10.5. The molecular formula is C11H13BrN2. The number of aryl methyl sites for hydroxylation is 2. The molecule has 0 amide bonds. The number of nitrogens with zero attached hydrogens (tertiary/aromatic N) is 1. The van der Waals surface area contributed by atoms with Gasteiger partial charge in [0.05, 0.1) is 6.34 Å². The van der Waals surface area contributed by atoms with Gasteiger partial charge in [0, 0.05) is 16.4 Å². The molecule has 0 radical (unpaired) electrons. The quantitative estimate of drug-likeness (QED) is 0.645. The van der Waals surface area contributed by atoms with Crippen molar-refractivity contribution in [3.05, 3.63) is 40.5 Å². The third-order valence-corrected chi connectivity index (χ3v) is 2.34. The predicted octanol–water partition coefficient (Wildman–Crippen LogP) is 3.65. The average molecular weight is 253 g/mol. The Balaban J connectivity index is 2.96. The number of halogens is 1. The Labute approximate surface area is 92.9 Å². The van der Waals surface area contributed by atoms with Crippen molar-refractivity contribution in [1.82, 2.24) is 0 Å². The second kappa shape index (κ2) is 4.96. The average Bonchev–Trinajstić information content (AvgIpc) is 2.09. The molecule has 0 aliphatic heterocycles. The topological polar surface area (TPSA) is 24.4 Å². The summed E-state index contributed by atoms with van der Waals surface area (Å²) in [5, 5.41) is 3.13. The van der Waals surface area contributed by atoms with E-state index in [9.17, 15) is 0 Å². The maximum atomic E-state index is 3.89. The lowest BCUT2D eigenvalue weighted by atomic mass is 10.1. The second-order valence-electron chi connectivity index (χ2n) is 3.02. The number of hydrogen-bond acceptors (Lipinski definition) is 1. The smallest absolute Gasteiger partial charge is 0.0922 e. The molecule has 0 aliphatic rings. The van der Waals surface area contributed by atoms with Crippen molar-refractivity contribution in [2.24, 2.45) is 4.99 Å². The fraction of sp³-hybridized carbons (Fsp3) is 0.182. The van der Waals surface area contributed by atoms with E-state index < -0.39 is 0 Å². The second-order valence-corrected chi connectivity index (χ2v) is 3.94. The molecule has 0 aliphatic carbocycles. The molecule has 2 nitrogen and oxygen atoms in total. The van der Waals surface area contributed by atoms with Crippen LogP contribution in [-0.4, -0.2) is 6.34 Å². The van der Waals surface area contributed by atoms with Crippen LogP contribution >= 0.6 is 15.9 Å². The molecule has 0 saturated heterocycles. The first kappa shape index (κ1) is 11.0. The number of anilines is 1. The van der Waals surface area contributed by atoms with E-state index in [1.54, 1.807) is 6.34 Å². The van der Waals surface area contributed by atoms with E-state index in [0.29, 0.717) is 0 Å². The van der Waals surface area contributed by atoms with E-state index in [0.717, 1.165) is 10.2 Å². The van der Waals surface area contributed by atoms with Crippen molar-refractivity contribution in [2.45, 2.75) is 13.8 Å². The van der Waals surface area contributed by atoms with Crippen LogP contribution in [0.1, 0.15) is 11.1 Å². The molecule has 0 fully saturated rings. The SMILES string of the molecule is C=CN=CNc1c(C)cc(Br)cc1C. The maximum absolute atomic E-state index is 3.89. The van der Waals surface area contributed by atoms with Gasteiger partial charge in [-0.05, 0) is 37.1 Å². The molecule has 0 spiro atoms. The van der Waals surface area contributed by atoms with Gasteiger partial charge in [-0.1, -0.05) is 22.5 Å². The number of nitrogens with one attached hydrogen (secondary N) is 1. The predicted molar refractivity (Wildman–Crippen MR) is 65.9 cm³/mol. The fourth-order valence-corrected chi connectivity index (χ4v) is 1.98. The largest absolute Gasteiger partial charge is 0.346 e. The summed E-state index contributed by atoms with van der Waals surface area (Å²) in [7, 11) is 0. The molecule has 0 atom stereocenters. The molecule has 0 bridgehead atoms. The molecule has 0 heterocycles. The highest BCUT2D eigenvalue weighted by Crippen LogP contribution is 2.24. The van der Waals surface area contributed by atoms with Crippen molar-refractivity contribution < 1.29 is 0 Å². The van der Waals surface area contributed by atoms with E-state index >= 15 is 0 Å². The van der Waals surface area contributed by atoms with Crippen LogP contribution in [0.3, 0.4) is 0 Å². The van der Waals surface area contributed by atoms with Crippen LogP contribution in [0, 0.1) is 13.8 Å². The Morgan fingerprint density at radius 3 is 2.43 bits per heavy atom. The van der Waals surface area contributed by atoms with Crippen LogP contribution in [0.4, 0.5) is 5.69 Å². The summed E-state index contributed by atoms with van der Waals surface area (Å²) in [6.07, 6.45) is 3.13. The minimum atomic E-state index is 1.10. The lowest BCUT2D eigenvalue weighted by molar-refractivity contribution is 1.36. The van der Waals surface area contributed by atoms with Crippen molar-refractivity contribution in [2.75, 3.05) is 5.32 Å². The minimum Gasteiger partial charge on any atom is -0.346 e. The Kier molecular flexibility index (Phi) is 3.89. The monoisotopic (exact) mass is 252 g/mol. The van der Waals surface area contributed by atoms with Gasteiger partial charge >= 0.3 is 0 Å². The van der Waals surface area contributed by atoms with Gasteiger partial charge in [0.2, 0.25) is 0 Å². The highest BCUT2D eigenvalue weighted by atomic mass is 79.9. The van der Waals surface area contributed by atoms with Gasteiger partial charge in [-0.15, -0.1) is 0 Å². The Morgan fingerprint density at radius 2 is 1.93 bits per heavy atom. The molecule has 0 aromatic heterocycles. The summed E-state index contributed by atoms with van der Waals surface area (Å²) in [5.74, 6) is 0. The van der Waals surface area contributed by atoms with E-state index in [1.807, 2.05) is 0 Å². The van der Waals surface area contributed by atoms with Crippen LogP contribution in [0.15, 0.2) is 34.4 Å². The molecular weight excluding hydrogens is 240 g/mol. The van der Waals surface area contributed by atoms with Crippen LogP contribution in [0.5, 0.6) is 0 Å². The molecule has 14 heavy (non-hydrogen) atoms. The van der Waals surface area contributed by atoms with Crippen molar-refractivity contribution in [1.29, 1.82) is 0 Å². The Hall–Kier alpha value is -1.09. The summed E-state index contributed by atoms with van der Waals surface area (Å²) < 4.78 is 1.10. The first-order chi connectivity index (χ1) is 6.65. The van der Waals surface area contributed by atoms with Crippen LogP contribution in [0.2, 0.25) is 0 Å². The highest BCUT2D eigenvalue weighted by molar-refractivity contribution is 9.10. The summed E-state index contributed by atoms with van der Waals surface area (Å²) in [6.45, 7) is 7.62. The zero-order valence-corrected chi connectivity index (χ0v) is 9.93. The molecule has 1 N–H and O–H groups in total. The summed E-state index contributed by atoms with van der Waals surface area (Å²) in [5.41, 5.74) is 3.47. The van der Waals surface area contributed by atoms with Gasteiger partial charge < -0.3 is 5.32 Å². The lowest BCUT2D eigenvalue weighted by Gasteiger charge is -2.09. The lowest BCUT2D eigenvalue weighted by Crippen LogP contribution is -1.99. The first-order valence-corrected chi connectivity index (χ1v) is 5.10. The van der Waals surface area contributed by atoms with Crippen molar-refractivity contribution in [3.63, 3.8) is 0 Å². The van der Waals surface area contributed by atoms with Crippen LogP contribution < -0.4 is 5.32 Å². The molecule has 1 aromatic rings. The number of hydrogen-bond donors (Lipinski definition) is 1. The van der Waals surface area contributed by atoms with E-state index in [4.69, 9.17) is 0 Å². The van der Waals surface area contributed by atoms with Gasteiger partial charge in [0.15, 0.2) is 0 Å². The molecule has 0 unspecified atom stereocenters. The van der Waals surface area contributed by atoms with E-state index in [2.05, 4.69) is 58.8 Å². The number of rotatable bonds is 3. The molecule has 3 heteroatoms. The van der Waals surface area contributed by atoms with Crippen molar-refractivity contribution >= 4 is 28.0 Å². The summed E-state index contributed by atoms with van der Waals surface area (Å²) >= 11 is 3.45. The van der Waals surface area contributed by atoms with Gasteiger partial charge in [-0.2, -0.15) is 0 Å². The van der Waals surface area contributed by atoms with Gasteiger partial charge in [0.25, 0.3) is 0 Å². The number of aliphatic imine (C=N–C) groups is 1. The highest BCUT2D eigenvalue weighted by Gasteiger charge is 2.01. The molecule has 1 aromatic carbocycles. The summed E-state index contributed by atoms with van der Waals surface area (Å²) in [6, 6.07) is 4.13. The van der Waals surface area contributed by atoms with Gasteiger partial charge in [-0.3, -0.25) is 0 Å². The summed E-state index contributed by atoms with van der Waals surface area (Å²) in [4.78, 5) is 3.89. The minimum absolute atomic E-state index is 1.10. The first-order valence-electron chi connectivity index (χ1n) is 4.31. The Morgan fingerprint density at radius 1 is 1.36 bits per heavy atom. The number of benzene rings is 1. The van der Waals surface area contributed by atoms with Crippen LogP contribution in [-0.2, 0) is 0 Å². The standard InChI is InChI=1S/C11H13BrN2/c1-4-13-7-14-11-8(2)5-10(12)6-9(11)3/h4-7H,1H2,2-3H3,(H,13,14). The third kappa shape index (κ3) is 2.70. The third-order valence-electron chi connectivity index (χ3n) is 1.89. The van der Waals surface area contributed by atoms with Crippen LogP contribution in [0.25, 0.3) is 0 Å². The zero-order valence-electron chi connectivity index (χ0n) is 8.34. The van der Waals surface area contributed by atoms with E-state index in [1.165, 1.54) is 17.3 Å². The molecule has 74 valence electrons. The fourth-order valence-electron chi connectivity index (χ4n) is 1.29.